The van der Waals surface area contributed by atoms with Gasteiger partial charge in [0.15, 0.2) is 12.4 Å². The minimum absolute atomic E-state index is 0.0136. The molecule has 2 rings (SSSR count). The number of aromatic nitrogens is 2. The average Bonchev–Trinajstić information content (AvgIpc) is 2.65. The molecule has 3 N–H and O–H groups in total. The van der Waals surface area contributed by atoms with Gasteiger partial charge in [0.05, 0.1) is 6.61 Å². The molecule has 7 nitrogen and oxygen atoms in total. The van der Waals surface area contributed by atoms with Crippen LogP contribution in [0, 0.1) is 0 Å². The standard InChI is InChI=1S/C12H15FN2O5/c1-2-4-12(6-16)9(18)8(13)10(20-12)15-5-3-7(17)14-11(15)19/h2-3,5,8-10,16,18H,1,4,6H2,(H,14,17,19)/t8-,9+,10-,12-/m1/s1. The molecule has 0 aliphatic carbocycles. The van der Waals surface area contributed by atoms with Gasteiger partial charge < -0.3 is 14.9 Å². The number of alkyl halides is 1. The van der Waals surface area contributed by atoms with Crippen molar-refractivity contribution in [2.75, 3.05) is 6.61 Å². The fourth-order valence-electron chi connectivity index (χ4n) is 2.27. The Labute approximate surface area is 112 Å². The van der Waals surface area contributed by atoms with Crippen LogP contribution >= 0.6 is 0 Å². The van der Waals surface area contributed by atoms with Crippen molar-refractivity contribution in [1.29, 1.82) is 0 Å². The third-order valence-electron chi connectivity index (χ3n) is 3.35. The van der Waals surface area contributed by atoms with Gasteiger partial charge in [-0.3, -0.25) is 14.3 Å². The normalized spacial score (nSPS) is 33.2. The predicted molar refractivity (Wildman–Crippen MR) is 67.0 cm³/mol. The predicted octanol–water partition coefficient (Wildman–Crippen LogP) is -0.928. The summed E-state index contributed by atoms with van der Waals surface area (Å²) in [7, 11) is 0. The van der Waals surface area contributed by atoms with Crippen molar-refractivity contribution in [3.05, 3.63) is 45.8 Å². The summed E-state index contributed by atoms with van der Waals surface area (Å²) in [5, 5.41) is 19.3. The Kier molecular flexibility index (Phi) is 3.89. The van der Waals surface area contributed by atoms with E-state index >= 15 is 0 Å². The quantitative estimate of drug-likeness (QED) is 0.620. The van der Waals surface area contributed by atoms with Gasteiger partial charge in [0.25, 0.3) is 5.56 Å². The smallest absolute Gasteiger partial charge is 0.330 e. The molecule has 0 radical (unpaired) electrons. The van der Waals surface area contributed by atoms with Crippen LogP contribution in [0.2, 0.25) is 0 Å². The molecule has 110 valence electrons. The first-order valence-corrected chi connectivity index (χ1v) is 5.98. The lowest BCUT2D eigenvalue weighted by Gasteiger charge is -2.28. The van der Waals surface area contributed by atoms with E-state index in [9.17, 15) is 24.2 Å². The topological polar surface area (TPSA) is 105 Å². The van der Waals surface area contributed by atoms with Crippen molar-refractivity contribution in [2.24, 2.45) is 0 Å². The van der Waals surface area contributed by atoms with Crippen molar-refractivity contribution in [1.82, 2.24) is 9.55 Å². The summed E-state index contributed by atoms with van der Waals surface area (Å²) in [5.41, 5.74) is -3.04. The molecule has 1 fully saturated rings. The Balaban J connectivity index is 2.42. The molecule has 0 bridgehead atoms. The number of nitrogens with zero attached hydrogens (tertiary/aromatic N) is 1. The fraction of sp³-hybridized carbons (Fsp3) is 0.500. The zero-order chi connectivity index (χ0) is 14.9. The number of aliphatic hydroxyl groups is 2. The highest BCUT2D eigenvalue weighted by atomic mass is 19.1. The maximum absolute atomic E-state index is 14.2. The molecule has 1 aliphatic rings. The summed E-state index contributed by atoms with van der Waals surface area (Å²) in [4.78, 5) is 24.6. The Hall–Kier alpha value is -1.77. The number of aromatic amines is 1. The summed E-state index contributed by atoms with van der Waals surface area (Å²) in [5.74, 6) is 0. The van der Waals surface area contributed by atoms with Gasteiger partial charge in [-0.15, -0.1) is 6.58 Å². The number of rotatable bonds is 4. The first-order chi connectivity index (χ1) is 9.45. The lowest BCUT2D eigenvalue weighted by Crippen LogP contribution is -2.45. The van der Waals surface area contributed by atoms with Crippen LogP contribution in [0.4, 0.5) is 4.39 Å². The molecular weight excluding hydrogens is 271 g/mol. The van der Waals surface area contributed by atoms with Crippen LogP contribution in [0.3, 0.4) is 0 Å². The maximum Gasteiger partial charge on any atom is 0.330 e. The summed E-state index contributed by atoms with van der Waals surface area (Å²) in [6, 6.07) is 1.04. The summed E-state index contributed by atoms with van der Waals surface area (Å²) < 4.78 is 20.4. The first-order valence-electron chi connectivity index (χ1n) is 5.98. The van der Waals surface area contributed by atoms with E-state index in [4.69, 9.17) is 4.74 Å². The lowest BCUT2D eigenvalue weighted by molar-refractivity contribution is -0.126. The van der Waals surface area contributed by atoms with Gasteiger partial charge in [-0.1, -0.05) is 6.08 Å². The van der Waals surface area contributed by atoms with Crippen molar-refractivity contribution in [2.45, 2.75) is 30.5 Å². The number of aliphatic hydroxyl groups excluding tert-OH is 2. The van der Waals surface area contributed by atoms with E-state index in [2.05, 4.69) is 6.58 Å². The molecule has 1 aliphatic heterocycles. The largest absolute Gasteiger partial charge is 0.393 e. The molecule has 4 atom stereocenters. The van der Waals surface area contributed by atoms with Gasteiger partial charge >= 0.3 is 5.69 Å². The third kappa shape index (κ3) is 2.21. The molecule has 1 saturated heterocycles. The van der Waals surface area contributed by atoms with Gasteiger partial charge in [0.2, 0.25) is 0 Å². The molecule has 0 saturated carbocycles. The van der Waals surface area contributed by atoms with Gasteiger partial charge in [-0.25, -0.2) is 9.18 Å². The van der Waals surface area contributed by atoms with Gasteiger partial charge in [0, 0.05) is 12.3 Å². The molecule has 2 heterocycles. The monoisotopic (exact) mass is 286 g/mol. The summed E-state index contributed by atoms with van der Waals surface area (Å²) in [6.45, 7) is 2.83. The average molecular weight is 286 g/mol. The van der Waals surface area contributed by atoms with Gasteiger partial charge in [0.1, 0.15) is 11.7 Å². The molecule has 0 spiro atoms. The highest BCUT2D eigenvalue weighted by Gasteiger charge is 2.55. The second-order valence-corrected chi connectivity index (χ2v) is 4.63. The van der Waals surface area contributed by atoms with E-state index < -0.39 is 42.0 Å². The minimum Gasteiger partial charge on any atom is -0.393 e. The Morgan fingerprint density at radius 1 is 1.60 bits per heavy atom. The van der Waals surface area contributed by atoms with E-state index in [1.807, 2.05) is 4.98 Å². The number of hydrogen-bond acceptors (Lipinski definition) is 5. The number of nitrogens with one attached hydrogen (secondary N) is 1. The lowest BCUT2D eigenvalue weighted by atomic mass is 9.93. The number of ether oxygens (including phenoxy) is 1. The molecule has 20 heavy (non-hydrogen) atoms. The van der Waals surface area contributed by atoms with Crippen LogP contribution in [0.1, 0.15) is 12.6 Å². The first kappa shape index (κ1) is 14.6. The highest BCUT2D eigenvalue weighted by molar-refractivity contribution is 5.04. The third-order valence-corrected chi connectivity index (χ3v) is 3.35. The zero-order valence-electron chi connectivity index (χ0n) is 10.5. The molecule has 0 amide bonds. The van der Waals surface area contributed by atoms with E-state index in [1.54, 1.807) is 0 Å². The van der Waals surface area contributed by atoms with Gasteiger partial charge in [-0.2, -0.15) is 0 Å². The van der Waals surface area contributed by atoms with Crippen molar-refractivity contribution >= 4 is 0 Å². The van der Waals surface area contributed by atoms with Crippen LogP contribution in [-0.4, -0.2) is 44.2 Å². The molecule has 8 heteroatoms. The van der Waals surface area contributed by atoms with Crippen LogP contribution in [-0.2, 0) is 4.74 Å². The second-order valence-electron chi connectivity index (χ2n) is 4.63. The van der Waals surface area contributed by atoms with E-state index in [1.165, 1.54) is 6.08 Å². The van der Waals surface area contributed by atoms with Gasteiger partial charge in [-0.05, 0) is 6.42 Å². The molecule has 1 aromatic heterocycles. The van der Waals surface area contributed by atoms with E-state index in [0.717, 1.165) is 16.8 Å². The van der Waals surface area contributed by atoms with Crippen LogP contribution in [0.15, 0.2) is 34.5 Å². The molecule has 0 aromatic carbocycles. The number of H-pyrrole nitrogens is 1. The van der Waals surface area contributed by atoms with Crippen LogP contribution < -0.4 is 11.2 Å². The highest BCUT2D eigenvalue weighted by Crippen LogP contribution is 2.40. The van der Waals surface area contributed by atoms with Crippen molar-refractivity contribution in [3.8, 4) is 0 Å². The summed E-state index contributed by atoms with van der Waals surface area (Å²) in [6.07, 6.45) is -2.50. The fourth-order valence-corrected chi connectivity index (χ4v) is 2.27. The Bertz CT molecular complexity index is 612. The SMILES string of the molecule is C=CC[C@]1(CO)O[C@@H](n2ccc(=O)[nH]c2=O)[C@H](F)[C@@H]1O. The Morgan fingerprint density at radius 3 is 2.85 bits per heavy atom. The van der Waals surface area contributed by atoms with Crippen LogP contribution in [0.5, 0.6) is 0 Å². The summed E-state index contributed by atoms with van der Waals surface area (Å²) >= 11 is 0. The Morgan fingerprint density at radius 2 is 2.30 bits per heavy atom. The number of hydrogen-bond donors (Lipinski definition) is 3. The van der Waals surface area contributed by atoms with E-state index in [0.29, 0.717) is 0 Å². The van der Waals surface area contributed by atoms with Crippen LogP contribution in [0.25, 0.3) is 0 Å². The molecule has 1 aromatic rings. The number of halogens is 1. The molecule has 0 unspecified atom stereocenters. The van der Waals surface area contributed by atoms with E-state index in [-0.39, 0.29) is 6.42 Å². The maximum atomic E-state index is 14.2. The van der Waals surface area contributed by atoms with Crippen molar-refractivity contribution in [3.63, 3.8) is 0 Å². The zero-order valence-corrected chi connectivity index (χ0v) is 10.5. The minimum atomic E-state index is -1.93. The molecular formula is C12H15FN2O5. The van der Waals surface area contributed by atoms with Crippen molar-refractivity contribution < 1.29 is 19.3 Å². The second kappa shape index (κ2) is 5.31.